The Balaban J connectivity index is 1.79. The van der Waals surface area contributed by atoms with Crippen LogP contribution in [0.3, 0.4) is 0 Å². The highest BCUT2D eigenvalue weighted by molar-refractivity contribution is 9.10. The molecule has 2 nitrogen and oxygen atoms in total. The van der Waals surface area contributed by atoms with Gasteiger partial charge in [-0.3, -0.25) is 0 Å². The van der Waals surface area contributed by atoms with Gasteiger partial charge in [0.05, 0.1) is 6.10 Å². The molecule has 2 unspecified atom stereocenters. The molecule has 0 aliphatic heterocycles. The fourth-order valence-corrected chi connectivity index (χ4v) is 3.95. The van der Waals surface area contributed by atoms with Crippen LogP contribution < -0.4 is 4.74 Å². The average molecular weight is 325 g/mol. The van der Waals surface area contributed by atoms with Crippen LogP contribution in [-0.4, -0.2) is 17.3 Å². The summed E-state index contributed by atoms with van der Waals surface area (Å²) in [7, 11) is 0. The standard InChI is InChI=1S/C16H21BrO2/c1-10-7-12(8-11(2)15(10)17)19-14-9-13(18)16(14)5-3-4-6-16/h7-8,13-14,18H,3-6,9H2,1-2H3. The van der Waals surface area contributed by atoms with Gasteiger partial charge in [-0.2, -0.15) is 0 Å². The van der Waals surface area contributed by atoms with E-state index in [-0.39, 0.29) is 17.6 Å². The number of aryl methyl sites for hydroxylation is 2. The molecule has 0 saturated heterocycles. The van der Waals surface area contributed by atoms with Gasteiger partial charge in [-0.25, -0.2) is 0 Å². The molecule has 104 valence electrons. The van der Waals surface area contributed by atoms with Gasteiger partial charge >= 0.3 is 0 Å². The van der Waals surface area contributed by atoms with E-state index in [1.807, 2.05) is 0 Å². The van der Waals surface area contributed by atoms with Crippen LogP contribution in [0.1, 0.15) is 43.2 Å². The molecule has 1 aromatic rings. The van der Waals surface area contributed by atoms with Crippen molar-refractivity contribution in [3.05, 3.63) is 27.7 Å². The third-order valence-corrected chi connectivity index (χ3v) is 6.22. The van der Waals surface area contributed by atoms with E-state index in [0.29, 0.717) is 0 Å². The molecule has 2 aliphatic carbocycles. The molecule has 1 spiro atoms. The van der Waals surface area contributed by atoms with E-state index in [9.17, 15) is 5.11 Å². The number of halogens is 1. The monoisotopic (exact) mass is 324 g/mol. The molecular formula is C16H21BrO2. The van der Waals surface area contributed by atoms with Crippen LogP contribution in [0.15, 0.2) is 16.6 Å². The van der Waals surface area contributed by atoms with Crippen LogP contribution in [0, 0.1) is 19.3 Å². The topological polar surface area (TPSA) is 29.5 Å². The molecule has 0 bridgehead atoms. The molecular weight excluding hydrogens is 304 g/mol. The number of hydrogen-bond acceptors (Lipinski definition) is 2. The molecule has 2 saturated carbocycles. The van der Waals surface area contributed by atoms with Gasteiger partial charge in [0.25, 0.3) is 0 Å². The Bertz CT molecular complexity index is 469. The minimum Gasteiger partial charge on any atom is -0.490 e. The number of aliphatic hydroxyl groups excluding tert-OH is 1. The molecule has 1 N–H and O–H groups in total. The lowest BCUT2D eigenvalue weighted by atomic mass is 9.62. The summed E-state index contributed by atoms with van der Waals surface area (Å²) in [6, 6.07) is 4.18. The molecule has 2 fully saturated rings. The first-order valence-electron chi connectivity index (χ1n) is 7.14. The number of aliphatic hydroxyl groups is 1. The molecule has 0 heterocycles. The molecule has 0 aromatic heterocycles. The molecule has 19 heavy (non-hydrogen) atoms. The van der Waals surface area contributed by atoms with E-state index >= 15 is 0 Å². The Labute approximate surface area is 123 Å². The van der Waals surface area contributed by atoms with Gasteiger partial charge < -0.3 is 9.84 Å². The van der Waals surface area contributed by atoms with E-state index in [4.69, 9.17) is 4.74 Å². The molecule has 3 heteroatoms. The number of hydrogen-bond donors (Lipinski definition) is 1. The van der Waals surface area contributed by atoms with Crippen molar-refractivity contribution in [3.8, 4) is 5.75 Å². The fraction of sp³-hybridized carbons (Fsp3) is 0.625. The summed E-state index contributed by atoms with van der Waals surface area (Å²) in [6.07, 6.45) is 5.53. The zero-order valence-corrected chi connectivity index (χ0v) is 13.2. The van der Waals surface area contributed by atoms with Crippen LogP contribution in [0.25, 0.3) is 0 Å². The highest BCUT2D eigenvalue weighted by Gasteiger charge is 2.57. The van der Waals surface area contributed by atoms with Crippen LogP contribution in [0.2, 0.25) is 0 Å². The summed E-state index contributed by atoms with van der Waals surface area (Å²) in [5.74, 6) is 0.946. The lowest BCUT2D eigenvalue weighted by molar-refractivity contribution is -0.152. The second kappa shape index (κ2) is 4.78. The van der Waals surface area contributed by atoms with E-state index in [0.717, 1.165) is 29.5 Å². The normalized spacial score (nSPS) is 28.4. The lowest BCUT2D eigenvalue weighted by Gasteiger charge is -2.51. The van der Waals surface area contributed by atoms with Crippen LogP contribution >= 0.6 is 15.9 Å². The second-order valence-electron chi connectivity index (χ2n) is 6.17. The fourth-order valence-electron chi connectivity index (χ4n) is 3.72. The molecule has 0 radical (unpaired) electrons. The Morgan fingerprint density at radius 3 is 2.32 bits per heavy atom. The quantitative estimate of drug-likeness (QED) is 0.885. The van der Waals surface area contributed by atoms with Crippen LogP contribution in [-0.2, 0) is 0 Å². The van der Waals surface area contributed by atoms with E-state index < -0.39 is 0 Å². The minimum atomic E-state index is -0.155. The van der Waals surface area contributed by atoms with E-state index in [1.54, 1.807) is 0 Å². The third-order valence-electron chi connectivity index (χ3n) is 4.96. The average Bonchev–Trinajstić information content (AvgIpc) is 2.88. The van der Waals surface area contributed by atoms with Gasteiger partial charge in [-0.15, -0.1) is 0 Å². The van der Waals surface area contributed by atoms with Gasteiger partial charge in [0, 0.05) is 16.3 Å². The highest BCUT2D eigenvalue weighted by Crippen LogP contribution is 2.54. The van der Waals surface area contributed by atoms with Gasteiger partial charge in [0.2, 0.25) is 0 Å². The van der Waals surface area contributed by atoms with Crippen molar-refractivity contribution < 1.29 is 9.84 Å². The van der Waals surface area contributed by atoms with Crippen molar-refractivity contribution in [3.63, 3.8) is 0 Å². The molecule has 2 atom stereocenters. The van der Waals surface area contributed by atoms with Crippen molar-refractivity contribution in [1.29, 1.82) is 0 Å². The summed E-state index contributed by atoms with van der Waals surface area (Å²) < 4.78 is 7.35. The zero-order chi connectivity index (χ0) is 13.6. The maximum absolute atomic E-state index is 10.1. The summed E-state index contributed by atoms with van der Waals surface area (Å²) in [5, 5.41) is 10.1. The van der Waals surface area contributed by atoms with Crippen molar-refractivity contribution in [2.24, 2.45) is 5.41 Å². The third kappa shape index (κ3) is 2.11. The smallest absolute Gasteiger partial charge is 0.120 e. The first-order chi connectivity index (χ1) is 9.03. The van der Waals surface area contributed by atoms with E-state index in [2.05, 4.69) is 41.9 Å². The largest absolute Gasteiger partial charge is 0.490 e. The molecule has 2 aliphatic rings. The SMILES string of the molecule is Cc1cc(OC2CC(O)C23CCCC3)cc(C)c1Br. The predicted octanol–water partition coefficient (Wildman–Crippen LogP) is 4.14. The van der Waals surface area contributed by atoms with Gasteiger partial charge in [-0.05, 0) is 49.9 Å². The van der Waals surface area contributed by atoms with Crippen molar-refractivity contribution in [1.82, 2.24) is 0 Å². The summed E-state index contributed by atoms with van der Waals surface area (Å²) in [6.45, 7) is 4.18. The first-order valence-corrected chi connectivity index (χ1v) is 7.94. The number of ether oxygens (including phenoxy) is 1. The Hall–Kier alpha value is -0.540. The molecule has 0 amide bonds. The first kappa shape index (κ1) is 13.4. The maximum Gasteiger partial charge on any atom is 0.120 e. The second-order valence-corrected chi connectivity index (χ2v) is 6.96. The minimum absolute atomic E-state index is 0.0505. The Morgan fingerprint density at radius 2 is 1.79 bits per heavy atom. The van der Waals surface area contributed by atoms with Crippen LogP contribution in [0.4, 0.5) is 0 Å². The van der Waals surface area contributed by atoms with Crippen molar-refractivity contribution in [2.75, 3.05) is 0 Å². The van der Waals surface area contributed by atoms with Crippen LogP contribution in [0.5, 0.6) is 5.75 Å². The van der Waals surface area contributed by atoms with Crippen molar-refractivity contribution >= 4 is 15.9 Å². The summed E-state index contributed by atoms with van der Waals surface area (Å²) in [5.41, 5.74) is 2.46. The number of benzene rings is 1. The Morgan fingerprint density at radius 1 is 1.21 bits per heavy atom. The van der Waals surface area contributed by atoms with E-state index in [1.165, 1.54) is 24.0 Å². The van der Waals surface area contributed by atoms with Gasteiger partial charge in [0.15, 0.2) is 0 Å². The highest BCUT2D eigenvalue weighted by atomic mass is 79.9. The molecule has 3 rings (SSSR count). The van der Waals surface area contributed by atoms with Gasteiger partial charge in [-0.1, -0.05) is 28.8 Å². The Kier molecular flexibility index (Phi) is 3.38. The number of rotatable bonds is 2. The maximum atomic E-state index is 10.1. The van der Waals surface area contributed by atoms with Gasteiger partial charge in [0.1, 0.15) is 11.9 Å². The molecule has 1 aromatic carbocycles. The summed E-state index contributed by atoms with van der Waals surface area (Å²) >= 11 is 3.58. The lowest BCUT2D eigenvalue weighted by Crippen LogP contribution is -2.58. The zero-order valence-electron chi connectivity index (χ0n) is 11.6. The van der Waals surface area contributed by atoms with Crippen molar-refractivity contribution in [2.45, 2.75) is 58.2 Å². The summed E-state index contributed by atoms with van der Waals surface area (Å²) in [4.78, 5) is 0. The predicted molar refractivity (Wildman–Crippen MR) is 79.6 cm³/mol.